The number of ether oxygens (including phenoxy) is 2. The second-order valence-corrected chi connectivity index (χ2v) is 4.71. The quantitative estimate of drug-likeness (QED) is 0.813. The van der Waals surface area contributed by atoms with E-state index in [1.807, 2.05) is 0 Å². The molecule has 1 aromatic rings. The van der Waals surface area contributed by atoms with Gasteiger partial charge in [-0.25, -0.2) is 0 Å². The van der Waals surface area contributed by atoms with E-state index in [9.17, 15) is 0 Å². The third-order valence-corrected chi connectivity index (χ3v) is 3.10. The number of aromatic nitrogens is 1. The first-order valence-electron chi connectivity index (χ1n) is 6.32. The van der Waals surface area contributed by atoms with Crippen LogP contribution >= 0.6 is 0 Å². The Morgan fingerprint density at radius 1 is 1.41 bits per heavy atom. The van der Waals surface area contributed by atoms with Gasteiger partial charge in [-0.2, -0.15) is 4.98 Å². The van der Waals surface area contributed by atoms with E-state index in [-0.39, 0.29) is 6.10 Å². The Morgan fingerprint density at radius 2 is 2.35 bits per heavy atom. The molecule has 0 spiro atoms. The van der Waals surface area contributed by atoms with Crippen molar-refractivity contribution < 1.29 is 13.9 Å². The van der Waals surface area contributed by atoms with Crippen LogP contribution in [0.1, 0.15) is 31.4 Å². The van der Waals surface area contributed by atoms with E-state index in [0.717, 1.165) is 31.7 Å². The van der Waals surface area contributed by atoms with Crippen molar-refractivity contribution >= 4 is 0 Å². The van der Waals surface area contributed by atoms with Crippen molar-refractivity contribution in [2.75, 3.05) is 13.2 Å². The molecule has 5 nitrogen and oxygen atoms in total. The topological polar surface area (TPSA) is 56.5 Å². The van der Waals surface area contributed by atoms with Crippen molar-refractivity contribution in [3.05, 3.63) is 12.0 Å². The van der Waals surface area contributed by atoms with Crippen LogP contribution in [0, 0.1) is 0 Å². The monoisotopic (exact) mass is 238 g/mol. The molecule has 1 aliphatic heterocycles. The summed E-state index contributed by atoms with van der Waals surface area (Å²) >= 11 is 0. The maximum absolute atomic E-state index is 5.46. The molecule has 0 aromatic carbocycles. The first kappa shape index (κ1) is 11.0. The van der Waals surface area contributed by atoms with Crippen LogP contribution in [0.2, 0.25) is 0 Å². The maximum Gasteiger partial charge on any atom is 0.393 e. The fourth-order valence-corrected chi connectivity index (χ4v) is 1.91. The number of oxazole rings is 1. The molecule has 2 heterocycles. The van der Waals surface area contributed by atoms with Crippen LogP contribution in [-0.4, -0.2) is 30.3 Å². The predicted octanol–water partition coefficient (Wildman–Crippen LogP) is 1.48. The highest BCUT2D eigenvalue weighted by Crippen LogP contribution is 2.20. The van der Waals surface area contributed by atoms with Crippen molar-refractivity contribution in [3.8, 4) is 6.08 Å². The van der Waals surface area contributed by atoms with Crippen molar-refractivity contribution in [1.29, 1.82) is 0 Å². The molecule has 0 radical (unpaired) electrons. The van der Waals surface area contributed by atoms with Gasteiger partial charge in [0.15, 0.2) is 0 Å². The highest BCUT2D eigenvalue weighted by atomic mass is 16.6. The molecule has 2 aliphatic rings. The van der Waals surface area contributed by atoms with Crippen molar-refractivity contribution in [1.82, 2.24) is 10.3 Å². The van der Waals surface area contributed by atoms with E-state index in [1.165, 1.54) is 12.8 Å². The lowest BCUT2D eigenvalue weighted by molar-refractivity contribution is 0.0565. The zero-order chi connectivity index (χ0) is 11.5. The van der Waals surface area contributed by atoms with Gasteiger partial charge in [0, 0.05) is 19.2 Å². The third kappa shape index (κ3) is 3.20. The first-order valence-corrected chi connectivity index (χ1v) is 6.32. The van der Waals surface area contributed by atoms with Gasteiger partial charge in [0.2, 0.25) is 0 Å². The van der Waals surface area contributed by atoms with Crippen LogP contribution in [0.25, 0.3) is 0 Å². The molecule has 1 atom stereocenters. The molecule has 0 bridgehead atoms. The summed E-state index contributed by atoms with van der Waals surface area (Å²) in [7, 11) is 0. The van der Waals surface area contributed by atoms with E-state index >= 15 is 0 Å². The second-order valence-electron chi connectivity index (χ2n) is 4.71. The fraction of sp³-hybridized carbons (Fsp3) is 0.750. The summed E-state index contributed by atoms with van der Waals surface area (Å²) in [5, 5.41) is 3.38. The number of hydrogen-bond donors (Lipinski definition) is 1. The molecule has 1 aromatic heterocycles. The smallest absolute Gasteiger partial charge is 0.393 e. The summed E-state index contributed by atoms with van der Waals surface area (Å²) in [4.78, 5) is 4.26. The molecule has 1 N–H and O–H groups in total. The number of rotatable bonds is 6. The van der Waals surface area contributed by atoms with Crippen LogP contribution in [0.5, 0.6) is 6.08 Å². The Morgan fingerprint density at radius 3 is 3.12 bits per heavy atom. The molecular weight excluding hydrogens is 220 g/mol. The Kier molecular flexibility index (Phi) is 3.29. The average Bonchev–Trinajstić information content (AvgIpc) is 2.86. The van der Waals surface area contributed by atoms with Gasteiger partial charge in [0.25, 0.3) is 0 Å². The molecule has 1 saturated heterocycles. The maximum atomic E-state index is 5.46. The minimum Gasteiger partial charge on any atom is -0.447 e. The molecule has 17 heavy (non-hydrogen) atoms. The summed E-state index contributed by atoms with van der Waals surface area (Å²) in [5.74, 6) is 0. The van der Waals surface area contributed by atoms with E-state index < -0.39 is 0 Å². The molecular formula is C12H18N2O3. The fourth-order valence-electron chi connectivity index (χ4n) is 1.91. The Labute approximate surface area is 100 Å². The molecule has 0 amide bonds. The van der Waals surface area contributed by atoms with Crippen molar-refractivity contribution in [2.45, 2.75) is 44.4 Å². The zero-order valence-electron chi connectivity index (χ0n) is 9.85. The molecule has 1 aliphatic carbocycles. The van der Waals surface area contributed by atoms with Crippen LogP contribution in [0.15, 0.2) is 10.7 Å². The van der Waals surface area contributed by atoms with Crippen LogP contribution in [0.4, 0.5) is 0 Å². The summed E-state index contributed by atoms with van der Waals surface area (Å²) in [6.45, 7) is 2.14. The molecule has 2 fully saturated rings. The summed E-state index contributed by atoms with van der Waals surface area (Å²) in [5.41, 5.74) is 0.902. The molecule has 1 unspecified atom stereocenters. The lowest BCUT2D eigenvalue weighted by Crippen LogP contribution is -2.17. The van der Waals surface area contributed by atoms with Gasteiger partial charge in [0.05, 0.1) is 11.8 Å². The average molecular weight is 238 g/mol. The van der Waals surface area contributed by atoms with E-state index in [2.05, 4.69) is 10.3 Å². The van der Waals surface area contributed by atoms with Crippen molar-refractivity contribution in [2.24, 2.45) is 0 Å². The first-order chi connectivity index (χ1) is 8.40. The molecule has 3 rings (SSSR count). The Balaban J connectivity index is 1.42. The van der Waals surface area contributed by atoms with E-state index in [0.29, 0.717) is 18.7 Å². The predicted molar refractivity (Wildman–Crippen MR) is 60.8 cm³/mol. The SMILES string of the molecule is c1oc(OCC2CCCO2)nc1CNC1CC1. The summed E-state index contributed by atoms with van der Waals surface area (Å²) in [6, 6.07) is 0.683. The number of hydrogen-bond acceptors (Lipinski definition) is 5. The largest absolute Gasteiger partial charge is 0.447 e. The normalized spacial score (nSPS) is 24.1. The minimum absolute atomic E-state index is 0.204. The second kappa shape index (κ2) is 5.06. The summed E-state index contributed by atoms with van der Waals surface area (Å²) < 4.78 is 16.2. The molecule has 1 saturated carbocycles. The minimum atomic E-state index is 0.204. The molecule has 94 valence electrons. The van der Waals surface area contributed by atoms with Gasteiger partial charge in [0.1, 0.15) is 12.9 Å². The highest BCUT2D eigenvalue weighted by molar-refractivity contribution is 5.00. The number of nitrogens with one attached hydrogen (secondary N) is 1. The van der Waals surface area contributed by atoms with Gasteiger partial charge in [-0.05, 0) is 25.7 Å². The van der Waals surface area contributed by atoms with Crippen LogP contribution in [-0.2, 0) is 11.3 Å². The molecule has 5 heteroatoms. The lowest BCUT2D eigenvalue weighted by atomic mass is 10.2. The standard InChI is InChI=1S/C12H18N2O3/c1-2-11(15-5-1)8-17-12-14-10(7-16-12)6-13-9-3-4-9/h7,9,11,13H,1-6,8H2. The zero-order valence-corrected chi connectivity index (χ0v) is 9.85. The van der Waals surface area contributed by atoms with Gasteiger partial charge < -0.3 is 19.2 Å². The Bertz CT molecular complexity index is 356. The summed E-state index contributed by atoms with van der Waals surface area (Å²) in [6.07, 6.45) is 6.95. The third-order valence-electron chi connectivity index (χ3n) is 3.10. The highest BCUT2D eigenvalue weighted by Gasteiger charge is 2.21. The van der Waals surface area contributed by atoms with E-state index in [4.69, 9.17) is 13.9 Å². The van der Waals surface area contributed by atoms with Crippen molar-refractivity contribution in [3.63, 3.8) is 0 Å². The lowest BCUT2D eigenvalue weighted by Gasteiger charge is -2.07. The van der Waals surface area contributed by atoms with Crippen LogP contribution < -0.4 is 10.1 Å². The van der Waals surface area contributed by atoms with Crippen LogP contribution in [0.3, 0.4) is 0 Å². The van der Waals surface area contributed by atoms with Gasteiger partial charge in [-0.3, -0.25) is 0 Å². The number of nitrogens with zero attached hydrogens (tertiary/aromatic N) is 1. The van der Waals surface area contributed by atoms with Gasteiger partial charge >= 0.3 is 6.08 Å². The van der Waals surface area contributed by atoms with Gasteiger partial charge in [-0.1, -0.05) is 0 Å². The van der Waals surface area contributed by atoms with Gasteiger partial charge in [-0.15, -0.1) is 0 Å². The Hall–Kier alpha value is -1.07. The van der Waals surface area contributed by atoms with E-state index in [1.54, 1.807) is 6.26 Å².